The standard InChI is InChI=1S/C6H11NO3/c1-3-9-6(7-10-6)4-5(2)8/h7H,3-4H2,1-2H3. The fourth-order valence-corrected chi connectivity index (χ4v) is 0.800. The Labute approximate surface area is 59.5 Å². The van der Waals surface area contributed by atoms with Crippen LogP contribution in [0.15, 0.2) is 0 Å². The second-order valence-corrected chi connectivity index (χ2v) is 2.27. The number of nitrogens with one attached hydrogen (secondary N) is 1. The average Bonchev–Trinajstić information content (AvgIpc) is 2.47. The van der Waals surface area contributed by atoms with Gasteiger partial charge < -0.3 is 4.74 Å². The number of carbonyl (C=O) groups excluding carboxylic acids is 1. The van der Waals surface area contributed by atoms with Crippen LogP contribution >= 0.6 is 0 Å². The summed E-state index contributed by atoms with van der Waals surface area (Å²) in [5.41, 5.74) is 2.54. The molecule has 1 N–H and O–H groups in total. The van der Waals surface area contributed by atoms with Gasteiger partial charge in [-0.25, -0.2) is 4.84 Å². The summed E-state index contributed by atoms with van der Waals surface area (Å²) in [5, 5.41) is 0. The largest absolute Gasteiger partial charge is 0.335 e. The molecule has 0 amide bonds. The maximum absolute atomic E-state index is 10.6. The first kappa shape index (κ1) is 7.65. The third-order valence-electron chi connectivity index (χ3n) is 1.19. The van der Waals surface area contributed by atoms with Crippen molar-refractivity contribution in [3.63, 3.8) is 0 Å². The predicted octanol–water partition coefficient (Wildman–Crippen LogP) is 0.191. The van der Waals surface area contributed by atoms with E-state index >= 15 is 0 Å². The molecular formula is C6H11NO3. The van der Waals surface area contributed by atoms with Gasteiger partial charge in [0.05, 0.1) is 6.42 Å². The Morgan fingerprint density at radius 3 is 2.70 bits per heavy atom. The van der Waals surface area contributed by atoms with Crippen LogP contribution in [-0.4, -0.2) is 18.3 Å². The highest BCUT2D eigenvalue weighted by Gasteiger charge is 2.47. The number of carbonyl (C=O) groups is 1. The van der Waals surface area contributed by atoms with Crippen molar-refractivity contribution in [2.24, 2.45) is 0 Å². The summed E-state index contributed by atoms with van der Waals surface area (Å²) < 4.78 is 5.10. The molecule has 1 saturated heterocycles. The fraction of sp³-hybridized carbons (Fsp3) is 0.833. The molecule has 0 bridgehead atoms. The van der Waals surface area contributed by atoms with Crippen LogP contribution in [0.25, 0.3) is 0 Å². The van der Waals surface area contributed by atoms with Gasteiger partial charge in [0.15, 0.2) is 0 Å². The summed E-state index contributed by atoms with van der Waals surface area (Å²) in [7, 11) is 0. The molecule has 0 aliphatic carbocycles. The second-order valence-electron chi connectivity index (χ2n) is 2.27. The molecule has 0 radical (unpaired) electrons. The lowest BCUT2D eigenvalue weighted by Gasteiger charge is -2.05. The van der Waals surface area contributed by atoms with Gasteiger partial charge in [-0.15, -0.1) is 5.48 Å². The minimum Gasteiger partial charge on any atom is -0.335 e. The molecule has 1 aliphatic heterocycles. The highest BCUT2D eigenvalue weighted by atomic mass is 16.9. The van der Waals surface area contributed by atoms with Gasteiger partial charge in [0.1, 0.15) is 5.78 Å². The van der Waals surface area contributed by atoms with Gasteiger partial charge in [-0.1, -0.05) is 0 Å². The van der Waals surface area contributed by atoms with Crippen molar-refractivity contribution in [3.8, 4) is 0 Å². The van der Waals surface area contributed by atoms with Crippen LogP contribution < -0.4 is 5.48 Å². The molecule has 0 aromatic carbocycles. The van der Waals surface area contributed by atoms with Crippen LogP contribution in [0.2, 0.25) is 0 Å². The summed E-state index contributed by atoms with van der Waals surface area (Å²) in [5.74, 6) is -0.723. The Bertz CT molecular complexity index is 142. The van der Waals surface area contributed by atoms with Gasteiger partial charge in [-0.05, 0) is 13.8 Å². The number of ether oxygens (including phenoxy) is 1. The predicted molar refractivity (Wildman–Crippen MR) is 33.9 cm³/mol. The van der Waals surface area contributed by atoms with Crippen LogP contribution in [0.4, 0.5) is 0 Å². The Morgan fingerprint density at radius 2 is 2.40 bits per heavy atom. The zero-order valence-electron chi connectivity index (χ0n) is 6.14. The first-order valence-electron chi connectivity index (χ1n) is 3.27. The first-order chi connectivity index (χ1) is 4.68. The molecule has 1 unspecified atom stereocenters. The van der Waals surface area contributed by atoms with Crippen molar-refractivity contribution < 1.29 is 14.4 Å². The third-order valence-corrected chi connectivity index (χ3v) is 1.19. The molecule has 1 aliphatic rings. The average molecular weight is 145 g/mol. The molecule has 1 atom stereocenters. The fourth-order valence-electron chi connectivity index (χ4n) is 0.800. The van der Waals surface area contributed by atoms with Crippen molar-refractivity contribution in [2.45, 2.75) is 26.2 Å². The van der Waals surface area contributed by atoms with Gasteiger partial charge in [-0.3, -0.25) is 4.79 Å². The summed E-state index contributed by atoms with van der Waals surface area (Å²) in [6, 6.07) is 0. The van der Waals surface area contributed by atoms with Gasteiger partial charge in [0, 0.05) is 6.61 Å². The maximum Gasteiger partial charge on any atom is 0.274 e. The Morgan fingerprint density at radius 1 is 1.80 bits per heavy atom. The Balaban J connectivity index is 2.30. The highest BCUT2D eigenvalue weighted by Crippen LogP contribution is 2.25. The van der Waals surface area contributed by atoms with Crippen molar-refractivity contribution in [1.29, 1.82) is 0 Å². The van der Waals surface area contributed by atoms with E-state index in [4.69, 9.17) is 9.57 Å². The molecule has 4 heteroatoms. The smallest absolute Gasteiger partial charge is 0.274 e. The van der Waals surface area contributed by atoms with E-state index < -0.39 is 5.91 Å². The summed E-state index contributed by atoms with van der Waals surface area (Å²) in [6.07, 6.45) is 0.279. The second kappa shape index (κ2) is 2.65. The lowest BCUT2D eigenvalue weighted by molar-refractivity contribution is -0.124. The summed E-state index contributed by atoms with van der Waals surface area (Å²) in [4.78, 5) is 15.3. The normalized spacial score (nSPS) is 30.2. The van der Waals surface area contributed by atoms with Crippen molar-refractivity contribution in [2.75, 3.05) is 6.61 Å². The van der Waals surface area contributed by atoms with E-state index in [-0.39, 0.29) is 12.2 Å². The molecule has 1 fully saturated rings. The zero-order valence-corrected chi connectivity index (χ0v) is 6.14. The number of rotatable bonds is 4. The topological polar surface area (TPSA) is 60.8 Å². The Hall–Kier alpha value is -0.450. The molecule has 1 heterocycles. The van der Waals surface area contributed by atoms with E-state index in [1.54, 1.807) is 0 Å². The highest BCUT2D eigenvalue weighted by molar-refractivity contribution is 5.76. The van der Waals surface area contributed by atoms with Crippen LogP contribution in [0, 0.1) is 0 Å². The molecule has 58 valence electrons. The molecule has 0 aromatic rings. The van der Waals surface area contributed by atoms with Crippen molar-refractivity contribution >= 4 is 5.78 Å². The van der Waals surface area contributed by atoms with Gasteiger partial charge in [-0.2, -0.15) is 0 Å². The van der Waals surface area contributed by atoms with E-state index in [9.17, 15) is 4.79 Å². The SMILES string of the molecule is CCOC1(CC(C)=O)NO1. The minimum absolute atomic E-state index is 0.0541. The van der Waals surface area contributed by atoms with E-state index in [2.05, 4.69) is 5.48 Å². The van der Waals surface area contributed by atoms with Crippen LogP contribution in [0.5, 0.6) is 0 Å². The molecule has 0 spiro atoms. The lowest BCUT2D eigenvalue weighted by Crippen LogP contribution is -2.22. The maximum atomic E-state index is 10.6. The monoisotopic (exact) mass is 145 g/mol. The van der Waals surface area contributed by atoms with Crippen molar-refractivity contribution in [3.05, 3.63) is 0 Å². The molecule has 1 rings (SSSR count). The molecule has 0 aromatic heterocycles. The molecule has 10 heavy (non-hydrogen) atoms. The lowest BCUT2D eigenvalue weighted by atomic mass is 10.3. The Kier molecular flexibility index (Phi) is 2.03. The number of ketones is 1. The van der Waals surface area contributed by atoms with Crippen LogP contribution in [0.1, 0.15) is 20.3 Å². The van der Waals surface area contributed by atoms with E-state index in [0.717, 1.165) is 0 Å². The molecular weight excluding hydrogens is 134 g/mol. The molecule has 0 saturated carbocycles. The third kappa shape index (κ3) is 1.76. The molecule has 4 nitrogen and oxygen atoms in total. The zero-order chi connectivity index (χ0) is 7.61. The first-order valence-corrected chi connectivity index (χ1v) is 3.27. The van der Waals surface area contributed by atoms with E-state index in [1.807, 2.05) is 6.92 Å². The quantitative estimate of drug-likeness (QED) is 0.573. The van der Waals surface area contributed by atoms with Gasteiger partial charge >= 0.3 is 0 Å². The number of Topliss-reactive ketones (excluding diaryl/α,β-unsaturated/α-hetero) is 1. The number of hydrogen-bond donors (Lipinski definition) is 1. The van der Waals surface area contributed by atoms with Crippen molar-refractivity contribution in [1.82, 2.24) is 5.48 Å². The number of hydroxylamine groups is 1. The summed E-state index contributed by atoms with van der Waals surface area (Å²) in [6.45, 7) is 3.90. The van der Waals surface area contributed by atoms with E-state index in [0.29, 0.717) is 6.61 Å². The summed E-state index contributed by atoms with van der Waals surface area (Å²) >= 11 is 0. The van der Waals surface area contributed by atoms with Gasteiger partial charge in [0.25, 0.3) is 5.91 Å². The van der Waals surface area contributed by atoms with E-state index in [1.165, 1.54) is 6.92 Å². The van der Waals surface area contributed by atoms with Crippen LogP contribution in [0.3, 0.4) is 0 Å². The number of hydrogen-bond acceptors (Lipinski definition) is 4. The van der Waals surface area contributed by atoms with Crippen LogP contribution in [-0.2, 0) is 14.4 Å². The minimum atomic E-state index is -0.777. The van der Waals surface area contributed by atoms with Gasteiger partial charge in [0.2, 0.25) is 0 Å².